The van der Waals surface area contributed by atoms with Gasteiger partial charge >= 0.3 is 0 Å². The highest BCUT2D eigenvalue weighted by molar-refractivity contribution is 7.22. The fourth-order valence-electron chi connectivity index (χ4n) is 1.23. The van der Waals surface area contributed by atoms with Gasteiger partial charge in [-0.15, -0.1) is 0 Å². The molecule has 0 aliphatic carbocycles. The maximum absolute atomic E-state index is 9.26. The molecule has 0 aliphatic rings. The van der Waals surface area contributed by atoms with Crippen LogP contribution in [0, 0.1) is 12.3 Å². The third-order valence-electron chi connectivity index (χ3n) is 1.93. The highest BCUT2D eigenvalue weighted by atomic mass is 32.1. The van der Waals surface area contributed by atoms with Gasteiger partial charge in [0.25, 0.3) is 0 Å². The van der Waals surface area contributed by atoms with Crippen molar-refractivity contribution in [1.82, 2.24) is 4.98 Å². The third-order valence-corrected chi connectivity index (χ3v) is 2.94. The van der Waals surface area contributed by atoms with Gasteiger partial charge in [-0.25, -0.2) is 4.98 Å². The Balaban J connectivity index is 2.62. The van der Waals surface area contributed by atoms with E-state index < -0.39 is 0 Å². The van der Waals surface area contributed by atoms with E-state index in [0.717, 1.165) is 22.1 Å². The van der Waals surface area contributed by atoms with Crippen LogP contribution in [-0.2, 0) is 0 Å². The molecule has 0 fully saturated rings. The molecule has 0 saturated carbocycles. The SMILES string of the molecule is Cc1cccc2sc(N(O)C=N)nc12. The molecular weight excluding hydrogens is 198 g/mol. The van der Waals surface area contributed by atoms with E-state index >= 15 is 0 Å². The molecule has 0 amide bonds. The minimum Gasteiger partial charge on any atom is -0.289 e. The first kappa shape index (κ1) is 9.11. The molecule has 0 aliphatic heterocycles. The average Bonchev–Trinajstić information content (AvgIpc) is 2.62. The molecule has 4 nitrogen and oxygen atoms in total. The highest BCUT2D eigenvalue weighted by Gasteiger charge is 2.08. The van der Waals surface area contributed by atoms with E-state index in [1.165, 1.54) is 11.3 Å². The Morgan fingerprint density at radius 2 is 2.36 bits per heavy atom. The molecule has 2 aromatic rings. The quantitative estimate of drug-likeness (QED) is 0.451. The van der Waals surface area contributed by atoms with Crippen LogP contribution >= 0.6 is 11.3 Å². The van der Waals surface area contributed by atoms with E-state index in [0.29, 0.717) is 10.2 Å². The van der Waals surface area contributed by atoms with Crippen LogP contribution < -0.4 is 5.06 Å². The number of para-hydroxylation sites is 1. The fraction of sp³-hybridized carbons (Fsp3) is 0.111. The van der Waals surface area contributed by atoms with Crippen LogP contribution in [0.1, 0.15) is 5.56 Å². The summed E-state index contributed by atoms with van der Waals surface area (Å²) in [6.45, 7) is 1.97. The van der Waals surface area contributed by atoms with Crippen molar-refractivity contribution in [2.45, 2.75) is 6.92 Å². The van der Waals surface area contributed by atoms with Crippen molar-refractivity contribution in [3.63, 3.8) is 0 Å². The fourth-order valence-corrected chi connectivity index (χ4v) is 2.16. The molecule has 5 heteroatoms. The second-order valence-corrected chi connectivity index (χ2v) is 3.90. The molecule has 0 unspecified atom stereocenters. The molecule has 72 valence electrons. The van der Waals surface area contributed by atoms with Crippen LogP contribution in [-0.4, -0.2) is 16.5 Å². The molecule has 0 radical (unpaired) electrons. The lowest BCUT2D eigenvalue weighted by Crippen LogP contribution is -2.13. The zero-order chi connectivity index (χ0) is 10.1. The lowest BCUT2D eigenvalue weighted by atomic mass is 10.2. The van der Waals surface area contributed by atoms with E-state index in [2.05, 4.69) is 4.98 Å². The van der Waals surface area contributed by atoms with Crippen molar-refractivity contribution in [1.29, 1.82) is 5.41 Å². The molecule has 2 N–H and O–H groups in total. The van der Waals surface area contributed by atoms with Crippen LogP contribution in [0.25, 0.3) is 10.2 Å². The number of nitrogens with zero attached hydrogens (tertiary/aromatic N) is 2. The Bertz CT molecular complexity index is 480. The summed E-state index contributed by atoms with van der Waals surface area (Å²) in [6, 6.07) is 5.87. The number of aromatic nitrogens is 1. The van der Waals surface area contributed by atoms with Crippen LogP contribution in [0.3, 0.4) is 0 Å². The number of hydrogen-bond acceptors (Lipinski definition) is 4. The highest BCUT2D eigenvalue weighted by Crippen LogP contribution is 2.29. The molecule has 1 aromatic heterocycles. The van der Waals surface area contributed by atoms with Crippen LogP contribution in [0.15, 0.2) is 18.2 Å². The summed E-state index contributed by atoms with van der Waals surface area (Å²) in [5.74, 6) is 0. The molecule has 0 atom stereocenters. The smallest absolute Gasteiger partial charge is 0.216 e. The van der Waals surface area contributed by atoms with E-state index in [9.17, 15) is 5.21 Å². The number of nitrogens with one attached hydrogen (secondary N) is 1. The van der Waals surface area contributed by atoms with Crippen LogP contribution in [0.2, 0.25) is 0 Å². The molecule has 0 spiro atoms. The first-order chi connectivity index (χ1) is 6.72. The Morgan fingerprint density at radius 1 is 1.57 bits per heavy atom. The summed E-state index contributed by atoms with van der Waals surface area (Å²) in [6.07, 6.45) is 0.826. The maximum Gasteiger partial charge on any atom is 0.216 e. The first-order valence-electron chi connectivity index (χ1n) is 4.07. The van der Waals surface area contributed by atoms with E-state index in [4.69, 9.17) is 5.41 Å². The number of rotatable bonds is 2. The summed E-state index contributed by atoms with van der Waals surface area (Å²) in [7, 11) is 0. The van der Waals surface area contributed by atoms with Crippen molar-refractivity contribution in [2.75, 3.05) is 5.06 Å². The first-order valence-corrected chi connectivity index (χ1v) is 4.89. The number of hydrogen-bond donors (Lipinski definition) is 2. The van der Waals surface area contributed by atoms with Gasteiger partial charge in [-0.3, -0.25) is 10.6 Å². The zero-order valence-electron chi connectivity index (χ0n) is 7.56. The molecule has 14 heavy (non-hydrogen) atoms. The van der Waals surface area contributed by atoms with Gasteiger partial charge in [0.15, 0.2) is 0 Å². The van der Waals surface area contributed by atoms with E-state index in [1.807, 2.05) is 25.1 Å². The van der Waals surface area contributed by atoms with Gasteiger partial charge in [0.1, 0.15) is 6.34 Å². The van der Waals surface area contributed by atoms with Crippen molar-refractivity contribution < 1.29 is 5.21 Å². The Hall–Kier alpha value is -1.46. The topological polar surface area (TPSA) is 60.2 Å². The molecular formula is C9H9N3OS. The summed E-state index contributed by atoms with van der Waals surface area (Å²) >= 11 is 1.36. The monoisotopic (exact) mass is 207 g/mol. The van der Waals surface area contributed by atoms with Crippen molar-refractivity contribution in [2.24, 2.45) is 0 Å². The molecule has 2 rings (SSSR count). The lowest BCUT2D eigenvalue weighted by molar-refractivity contribution is 0.316. The largest absolute Gasteiger partial charge is 0.289 e. The number of hydroxylamine groups is 1. The van der Waals surface area contributed by atoms with E-state index in [1.54, 1.807) is 0 Å². The van der Waals surface area contributed by atoms with Gasteiger partial charge in [0.2, 0.25) is 5.13 Å². The Labute approximate surface area is 84.9 Å². The third kappa shape index (κ3) is 1.36. The molecule has 0 saturated heterocycles. The lowest BCUT2D eigenvalue weighted by Gasteiger charge is -2.02. The van der Waals surface area contributed by atoms with Gasteiger partial charge in [-0.05, 0) is 18.6 Å². The van der Waals surface area contributed by atoms with Crippen molar-refractivity contribution in [3.05, 3.63) is 23.8 Å². The molecule has 1 heterocycles. The van der Waals surface area contributed by atoms with Crippen LogP contribution in [0.5, 0.6) is 0 Å². The van der Waals surface area contributed by atoms with Crippen molar-refractivity contribution >= 4 is 33.0 Å². The maximum atomic E-state index is 9.26. The summed E-state index contributed by atoms with van der Waals surface area (Å²) < 4.78 is 1.01. The minimum absolute atomic E-state index is 0.421. The molecule has 0 bridgehead atoms. The average molecular weight is 207 g/mol. The Kier molecular flexibility index (Phi) is 2.18. The van der Waals surface area contributed by atoms with Gasteiger partial charge in [-0.2, -0.15) is 5.06 Å². The minimum atomic E-state index is 0.421. The predicted molar refractivity (Wildman–Crippen MR) is 57.4 cm³/mol. The van der Waals surface area contributed by atoms with Gasteiger partial charge in [-0.1, -0.05) is 23.5 Å². The van der Waals surface area contributed by atoms with Gasteiger partial charge in [0, 0.05) is 0 Å². The standard InChI is InChI=1S/C9H9N3OS/c1-6-3-2-4-7-8(6)11-9(14-7)12(13)5-10/h2-5,10,13H,1H3. The number of anilines is 1. The second-order valence-electron chi connectivity index (χ2n) is 2.89. The zero-order valence-corrected chi connectivity index (χ0v) is 8.38. The predicted octanol–water partition coefficient (Wildman–Crippen LogP) is 2.41. The number of benzene rings is 1. The van der Waals surface area contributed by atoms with Gasteiger partial charge < -0.3 is 0 Å². The van der Waals surface area contributed by atoms with Crippen LogP contribution in [0.4, 0.5) is 5.13 Å². The second kappa shape index (κ2) is 3.36. The number of aryl methyl sites for hydroxylation is 1. The number of fused-ring (bicyclic) bond motifs is 1. The molecule has 1 aromatic carbocycles. The Morgan fingerprint density at radius 3 is 3.00 bits per heavy atom. The van der Waals surface area contributed by atoms with Crippen molar-refractivity contribution in [3.8, 4) is 0 Å². The summed E-state index contributed by atoms with van der Waals surface area (Å²) in [4.78, 5) is 4.23. The van der Waals surface area contributed by atoms with E-state index in [-0.39, 0.29) is 0 Å². The summed E-state index contributed by atoms with van der Waals surface area (Å²) in [5.41, 5.74) is 1.96. The normalized spacial score (nSPS) is 10.4. The van der Waals surface area contributed by atoms with Gasteiger partial charge in [0.05, 0.1) is 10.2 Å². The number of thiazole rings is 1. The summed E-state index contributed by atoms with van der Waals surface area (Å²) in [5, 5.41) is 17.3.